The summed E-state index contributed by atoms with van der Waals surface area (Å²) in [4.78, 5) is 17.2. The van der Waals surface area contributed by atoms with Crippen LogP contribution >= 0.6 is 0 Å². The Morgan fingerprint density at radius 1 is 0.917 bits per heavy atom. The third-order valence-electron chi connectivity index (χ3n) is 6.36. The van der Waals surface area contributed by atoms with Gasteiger partial charge in [-0.3, -0.25) is 9.69 Å². The number of aromatic nitrogens is 2. The van der Waals surface area contributed by atoms with Gasteiger partial charge in [-0.05, 0) is 67.6 Å². The summed E-state index contributed by atoms with van der Waals surface area (Å²) in [7, 11) is 0. The minimum Gasteiger partial charge on any atom is -0.416 e. The van der Waals surface area contributed by atoms with Gasteiger partial charge in [0.2, 0.25) is 11.8 Å². The maximum absolute atomic E-state index is 13.1. The summed E-state index contributed by atoms with van der Waals surface area (Å²) >= 11 is 0. The molecule has 1 N–H and O–H groups in total. The molecule has 1 amide bonds. The molecular weight excluding hydrogens is 457 g/mol. The van der Waals surface area contributed by atoms with Crippen molar-refractivity contribution in [2.75, 3.05) is 44.2 Å². The van der Waals surface area contributed by atoms with Crippen molar-refractivity contribution >= 4 is 11.6 Å². The van der Waals surface area contributed by atoms with Crippen molar-refractivity contribution in [2.24, 2.45) is 0 Å². The molecule has 5 rings (SSSR count). The smallest absolute Gasteiger partial charge is 0.251 e. The number of benzene rings is 3. The van der Waals surface area contributed by atoms with Crippen LogP contribution in [0.15, 0.2) is 77.2 Å². The Labute approximate surface area is 209 Å². The molecule has 8 heteroatoms. The van der Waals surface area contributed by atoms with Gasteiger partial charge in [0.25, 0.3) is 5.91 Å². The lowest BCUT2D eigenvalue weighted by Crippen LogP contribution is -2.48. The number of rotatable bonds is 7. The summed E-state index contributed by atoms with van der Waals surface area (Å²) in [6.45, 7) is 6.92. The first kappa shape index (κ1) is 23.7. The molecule has 184 valence electrons. The maximum atomic E-state index is 13.1. The van der Waals surface area contributed by atoms with Crippen molar-refractivity contribution in [1.29, 1.82) is 0 Å². The lowest BCUT2D eigenvalue weighted by molar-refractivity contribution is 0.0948. The molecule has 1 aliphatic heterocycles. The lowest BCUT2D eigenvalue weighted by Gasteiger charge is -2.36. The van der Waals surface area contributed by atoms with Gasteiger partial charge in [-0.25, -0.2) is 4.39 Å². The number of hydrogen-bond acceptors (Lipinski definition) is 6. The summed E-state index contributed by atoms with van der Waals surface area (Å²) < 4.78 is 19.0. The molecule has 1 saturated heterocycles. The molecule has 0 spiro atoms. The zero-order valence-electron chi connectivity index (χ0n) is 20.2. The Balaban J connectivity index is 1.09. The quantitative estimate of drug-likeness (QED) is 0.418. The highest BCUT2D eigenvalue weighted by atomic mass is 19.1. The van der Waals surface area contributed by atoms with Crippen molar-refractivity contribution in [3.05, 3.63) is 89.7 Å². The normalized spacial score (nSPS) is 14.1. The van der Waals surface area contributed by atoms with Gasteiger partial charge in [-0.1, -0.05) is 17.7 Å². The highest BCUT2D eigenvalue weighted by molar-refractivity contribution is 5.94. The molecular formula is C28H28FN5O2. The van der Waals surface area contributed by atoms with Crippen LogP contribution in [0.5, 0.6) is 0 Å². The van der Waals surface area contributed by atoms with E-state index in [2.05, 4.69) is 25.3 Å². The zero-order chi connectivity index (χ0) is 24.9. The van der Waals surface area contributed by atoms with E-state index in [0.717, 1.165) is 55.1 Å². The molecule has 4 aromatic rings. The van der Waals surface area contributed by atoms with E-state index >= 15 is 0 Å². The van der Waals surface area contributed by atoms with Crippen LogP contribution in [0.2, 0.25) is 0 Å². The molecule has 36 heavy (non-hydrogen) atoms. The van der Waals surface area contributed by atoms with E-state index in [1.54, 1.807) is 12.1 Å². The number of piperazine rings is 1. The Morgan fingerprint density at radius 2 is 1.61 bits per heavy atom. The van der Waals surface area contributed by atoms with Crippen molar-refractivity contribution in [2.45, 2.75) is 6.92 Å². The number of carbonyl (C=O) groups is 1. The van der Waals surface area contributed by atoms with Crippen molar-refractivity contribution in [3.8, 4) is 22.9 Å². The first-order valence-electron chi connectivity index (χ1n) is 12.1. The second kappa shape index (κ2) is 10.7. The van der Waals surface area contributed by atoms with Crippen LogP contribution in [0.3, 0.4) is 0 Å². The summed E-state index contributed by atoms with van der Waals surface area (Å²) in [5, 5.41) is 11.3. The van der Waals surface area contributed by atoms with Crippen molar-refractivity contribution in [1.82, 2.24) is 20.4 Å². The maximum Gasteiger partial charge on any atom is 0.251 e. The van der Waals surface area contributed by atoms with Gasteiger partial charge < -0.3 is 14.6 Å². The van der Waals surface area contributed by atoms with Crippen molar-refractivity contribution < 1.29 is 13.6 Å². The predicted octanol–water partition coefficient (Wildman–Crippen LogP) is 4.40. The number of nitrogens with one attached hydrogen (secondary N) is 1. The molecule has 2 heterocycles. The molecule has 0 unspecified atom stereocenters. The molecule has 1 aliphatic rings. The van der Waals surface area contributed by atoms with Gasteiger partial charge >= 0.3 is 0 Å². The van der Waals surface area contributed by atoms with Crippen LogP contribution in [0.1, 0.15) is 15.9 Å². The number of halogens is 1. The summed E-state index contributed by atoms with van der Waals surface area (Å²) in [6.07, 6.45) is 0. The van der Waals surface area contributed by atoms with Crippen LogP contribution < -0.4 is 10.2 Å². The van der Waals surface area contributed by atoms with E-state index in [0.29, 0.717) is 23.9 Å². The Bertz CT molecular complexity index is 1310. The number of hydrogen-bond donors (Lipinski definition) is 1. The van der Waals surface area contributed by atoms with Gasteiger partial charge in [0, 0.05) is 61.6 Å². The van der Waals surface area contributed by atoms with E-state index in [4.69, 9.17) is 4.42 Å². The third kappa shape index (κ3) is 5.60. The van der Waals surface area contributed by atoms with E-state index in [1.807, 2.05) is 55.5 Å². The third-order valence-corrected chi connectivity index (χ3v) is 6.36. The lowest BCUT2D eigenvalue weighted by atomic mass is 10.1. The van der Waals surface area contributed by atoms with Crippen LogP contribution in [-0.2, 0) is 0 Å². The molecule has 0 bridgehead atoms. The average molecular weight is 486 g/mol. The summed E-state index contributed by atoms with van der Waals surface area (Å²) in [5.74, 6) is 0.550. The largest absolute Gasteiger partial charge is 0.416 e. The van der Waals surface area contributed by atoms with Crippen LogP contribution in [0.25, 0.3) is 22.9 Å². The molecule has 0 radical (unpaired) electrons. The minimum absolute atomic E-state index is 0.113. The van der Waals surface area contributed by atoms with Gasteiger partial charge in [0.15, 0.2) is 0 Å². The second-order valence-electron chi connectivity index (χ2n) is 8.92. The van der Waals surface area contributed by atoms with Crippen LogP contribution in [0, 0.1) is 12.7 Å². The molecule has 1 aromatic heterocycles. The highest BCUT2D eigenvalue weighted by Crippen LogP contribution is 2.24. The number of aryl methyl sites for hydroxylation is 1. The van der Waals surface area contributed by atoms with Crippen molar-refractivity contribution in [3.63, 3.8) is 0 Å². The Hall–Kier alpha value is -4.04. The van der Waals surface area contributed by atoms with E-state index in [1.165, 1.54) is 12.1 Å². The van der Waals surface area contributed by atoms with Gasteiger partial charge in [-0.2, -0.15) is 0 Å². The average Bonchev–Trinajstić information content (AvgIpc) is 3.40. The summed E-state index contributed by atoms with van der Waals surface area (Å²) in [5.41, 5.74) is 4.38. The molecule has 7 nitrogen and oxygen atoms in total. The topological polar surface area (TPSA) is 74.5 Å². The SMILES string of the molecule is Cc1cccc(-c2nnc(-c3ccc(C(=O)NCCN4CCN(c5ccc(F)cc5)CC4)cc3)o2)c1. The minimum atomic E-state index is -0.218. The number of anilines is 1. The van der Waals surface area contributed by atoms with Gasteiger partial charge in [-0.15, -0.1) is 10.2 Å². The fourth-order valence-corrected chi connectivity index (χ4v) is 4.31. The zero-order valence-corrected chi connectivity index (χ0v) is 20.2. The van der Waals surface area contributed by atoms with E-state index in [-0.39, 0.29) is 11.7 Å². The Morgan fingerprint density at radius 3 is 2.31 bits per heavy atom. The standard InChI is InChI=1S/C28H28FN5O2/c1-20-3-2-4-23(19-20)28-32-31-27(36-28)22-7-5-21(6-8-22)26(35)30-13-14-33-15-17-34(18-16-33)25-11-9-24(29)10-12-25/h2-12,19H,13-18H2,1H3,(H,30,35). The molecule has 0 aliphatic carbocycles. The molecule has 0 atom stereocenters. The Kier molecular flexibility index (Phi) is 7.04. The van der Waals surface area contributed by atoms with E-state index in [9.17, 15) is 9.18 Å². The number of carbonyl (C=O) groups excluding carboxylic acids is 1. The molecule has 3 aromatic carbocycles. The molecule has 0 saturated carbocycles. The fraction of sp³-hybridized carbons (Fsp3) is 0.250. The van der Waals surface area contributed by atoms with Gasteiger partial charge in [0.05, 0.1) is 0 Å². The highest BCUT2D eigenvalue weighted by Gasteiger charge is 2.17. The summed E-state index contributed by atoms with van der Waals surface area (Å²) in [6, 6.07) is 21.7. The molecule has 1 fully saturated rings. The first-order chi connectivity index (χ1) is 17.5. The monoisotopic (exact) mass is 485 g/mol. The first-order valence-corrected chi connectivity index (χ1v) is 12.1. The van der Waals surface area contributed by atoms with Crippen LogP contribution in [-0.4, -0.2) is 60.3 Å². The van der Waals surface area contributed by atoms with E-state index < -0.39 is 0 Å². The van der Waals surface area contributed by atoms with Crippen LogP contribution in [0.4, 0.5) is 10.1 Å². The van der Waals surface area contributed by atoms with Gasteiger partial charge in [0.1, 0.15) is 5.82 Å². The second-order valence-corrected chi connectivity index (χ2v) is 8.92. The number of amides is 1. The predicted molar refractivity (Wildman–Crippen MR) is 137 cm³/mol. The number of nitrogens with zero attached hydrogens (tertiary/aromatic N) is 4. The fourth-order valence-electron chi connectivity index (χ4n) is 4.31.